The first-order valence-electron chi connectivity index (χ1n) is 8.77. The number of ether oxygens (including phenoxy) is 1. The number of carbonyl (C=O) groups is 2. The van der Waals surface area contributed by atoms with Gasteiger partial charge in [-0.3, -0.25) is 9.59 Å². The van der Waals surface area contributed by atoms with Crippen LogP contribution in [0.4, 0.5) is 0 Å². The van der Waals surface area contributed by atoms with E-state index in [4.69, 9.17) is 16.3 Å². The molecule has 0 fully saturated rings. The Kier molecular flexibility index (Phi) is 7.25. The summed E-state index contributed by atoms with van der Waals surface area (Å²) in [5.74, 6) is 0.133. The zero-order valence-electron chi connectivity index (χ0n) is 16.1. The van der Waals surface area contributed by atoms with Crippen molar-refractivity contribution in [2.24, 2.45) is 0 Å². The molecule has 2 amide bonds. The van der Waals surface area contributed by atoms with Crippen LogP contribution < -0.4 is 10.1 Å². The Morgan fingerprint density at radius 2 is 1.78 bits per heavy atom. The lowest BCUT2D eigenvalue weighted by Crippen LogP contribution is -2.48. The number of rotatable bonds is 7. The third kappa shape index (κ3) is 5.73. The van der Waals surface area contributed by atoms with E-state index in [1.54, 1.807) is 26.1 Å². The maximum atomic E-state index is 12.8. The van der Waals surface area contributed by atoms with Gasteiger partial charge in [-0.05, 0) is 61.7 Å². The molecule has 2 aromatic rings. The van der Waals surface area contributed by atoms with Crippen molar-refractivity contribution in [1.29, 1.82) is 0 Å². The number of amides is 2. The molecule has 0 spiro atoms. The summed E-state index contributed by atoms with van der Waals surface area (Å²) >= 11 is 5.92. The van der Waals surface area contributed by atoms with Crippen LogP contribution >= 0.6 is 11.6 Å². The number of benzene rings is 2. The Labute approximate surface area is 165 Å². The van der Waals surface area contributed by atoms with Gasteiger partial charge in [0.15, 0.2) is 6.61 Å². The van der Waals surface area contributed by atoms with E-state index in [9.17, 15) is 9.59 Å². The summed E-state index contributed by atoms with van der Waals surface area (Å²) in [6.07, 6.45) is 0. The van der Waals surface area contributed by atoms with Crippen molar-refractivity contribution in [3.8, 4) is 5.75 Å². The number of hydrogen-bond donors (Lipinski definition) is 1. The summed E-state index contributed by atoms with van der Waals surface area (Å²) < 4.78 is 5.66. The van der Waals surface area contributed by atoms with Crippen LogP contribution in [0.5, 0.6) is 5.75 Å². The van der Waals surface area contributed by atoms with Gasteiger partial charge in [-0.15, -0.1) is 0 Å². The zero-order chi connectivity index (χ0) is 20.0. The van der Waals surface area contributed by atoms with E-state index in [1.165, 1.54) is 4.90 Å². The van der Waals surface area contributed by atoms with Gasteiger partial charge in [-0.25, -0.2) is 0 Å². The molecule has 0 saturated heterocycles. The highest BCUT2D eigenvalue weighted by Gasteiger charge is 2.25. The Hall–Kier alpha value is -2.53. The number of nitrogens with zero attached hydrogens (tertiary/aromatic N) is 1. The van der Waals surface area contributed by atoms with Crippen LogP contribution in [0.2, 0.25) is 5.02 Å². The topological polar surface area (TPSA) is 58.6 Å². The number of hydrogen-bond acceptors (Lipinski definition) is 3. The minimum absolute atomic E-state index is 0.141. The lowest BCUT2D eigenvalue weighted by Gasteiger charge is -2.28. The summed E-state index contributed by atoms with van der Waals surface area (Å²) in [5.41, 5.74) is 3.14. The smallest absolute Gasteiger partial charge is 0.261 e. The molecule has 0 heterocycles. The first-order valence-corrected chi connectivity index (χ1v) is 9.15. The number of halogens is 1. The highest BCUT2D eigenvalue weighted by molar-refractivity contribution is 6.30. The maximum absolute atomic E-state index is 12.8. The lowest BCUT2D eigenvalue weighted by molar-refractivity contribution is -0.142. The number of nitrogens with one attached hydrogen (secondary N) is 1. The molecule has 6 heteroatoms. The fourth-order valence-electron chi connectivity index (χ4n) is 2.61. The molecule has 1 atom stereocenters. The summed E-state index contributed by atoms with van der Waals surface area (Å²) in [4.78, 5) is 26.4. The molecule has 0 radical (unpaired) electrons. The molecular formula is C21H25ClN2O3. The SMILES string of the molecule is CNC(=O)[C@H](C)N(Cc1ccc(Cl)cc1)C(=O)COc1ccc(C)c(C)c1. The van der Waals surface area contributed by atoms with E-state index in [0.717, 1.165) is 16.7 Å². The van der Waals surface area contributed by atoms with Gasteiger partial charge in [0.05, 0.1) is 0 Å². The van der Waals surface area contributed by atoms with E-state index in [-0.39, 0.29) is 18.4 Å². The first kappa shape index (κ1) is 20.8. The van der Waals surface area contributed by atoms with Crippen molar-refractivity contribution < 1.29 is 14.3 Å². The minimum Gasteiger partial charge on any atom is -0.484 e. The largest absolute Gasteiger partial charge is 0.484 e. The number of carbonyl (C=O) groups excluding carboxylic acids is 2. The molecule has 2 aromatic carbocycles. The van der Waals surface area contributed by atoms with Gasteiger partial charge in [0.2, 0.25) is 5.91 Å². The van der Waals surface area contributed by atoms with Gasteiger partial charge in [0, 0.05) is 18.6 Å². The van der Waals surface area contributed by atoms with Crippen molar-refractivity contribution in [2.45, 2.75) is 33.4 Å². The van der Waals surface area contributed by atoms with Crippen LogP contribution in [0, 0.1) is 13.8 Å². The van der Waals surface area contributed by atoms with Gasteiger partial charge in [-0.2, -0.15) is 0 Å². The summed E-state index contributed by atoms with van der Waals surface area (Å²) in [6, 6.07) is 12.3. The second-order valence-corrected chi connectivity index (χ2v) is 6.91. The van der Waals surface area contributed by atoms with Crippen LogP contribution in [-0.2, 0) is 16.1 Å². The lowest BCUT2D eigenvalue weighted by atomic mass is 10.1. The monoisotopic (exact) mass is 388 g/mol. The molecule has 1 N–H and O–H groups in total. The molecule has 2 rings (SSSR count). The molecule has 27 heavy (non-hydrogen) atoms. The van der Waals surface area contributed by atoms with Crippen molar-refractivity contribution in [3.63, 3.8) is 0 Å². The zero-order valence-corrected chi connectivity index (χ0v) is 16.8. The molecule has 0 aromatic heterocycles. The normalized spacial score (nSPS) is 11.6. The van der Waals surface area contributed by atoms with Gasteiger partial charge in [0.1, 0.15) is 11.8 Å². The molecule has 144 valence electrons. The van der Waals surface area contributed by atoms with Crippen molar-refractivity contribution in [3.05, 3.63) is 64.2 Å². The van der Waals surface area contributed by atoms with Gasteiger partial charge in [-0.1, -0.05) is 29.8 Å². The maximum Gasteiger partial charge on any atom is 0.261 e. The van der Waals surface area contributed by atoms with E-state index < -0.39 is 6.04 Å². The second kappa shape index (κ2) is 9.42. The molecular weight excluding hydrogens is 364 g/mol. The van der Waals surface area contributed by atoms with E-state index >= 15 is 0 Å². The highest BCUT2D eigenvalue weighted by Crippen LogP contribution is 2.17. The molecule has 0 bridgehead atoms. The van der Waals surface area contributed by atoms with E-state index in [2.05, 4.69) is 5.32 Å². The predicted molar refractivity (Wildman–Crippen MR) is 107 cm³/mol. The fourth-order valence-corrected chi connectivity index (χ4v) is 2.74. The average molecular weight is 389 g/mol. The Morgan fingerprint density at radius 1 is 1.11 bits per heavy atom. The van der Waals surface area contributed by atoms with E-state index in [0.29, 0.717) is 17.3 Å². The Morgan fingerprint density at radius 3 is 2.37 bits per heavy atom. The first-order chi connectivity index (χ1) is 12.8. The summed E-state index contributed by atoms with van der Waals surface area (Å²) in [5, 5.41) is 3.21. The van der Waals surface area contributed by atoms with E-state index in [1.807, 2.05) is 44.2 Å². The molecule has 0 aliphatic carbocycles. The predicted octanol–water partition coefficient (Wildman–Crippen LogP) is 3.50. The quantitative estimate of drug-likeness (QED) is 0.789. The summed E-state index contributed by atoms with van der Waals surface area (Å²) in [7, 11) is 1.55. The fraction of sp³-hybridized carbons (Fsp3) is 0.333. The number of aryl methyl sites for hydroxylation is 2. The highest BCUT2D eigenvalue weighted by atomic mass is 35.5. The standard InChI is InChI=1S/C21H25ClN2O3/c1-14-5-10-19(11-15(14)2)27-13-20(25)24(16(3)21(26)23-4)12-17-6-8-18(22)9-7-17/h5-11,16H,12-13H2,1-4H3,(H,23,26)/t16-/m0/s1. The average Bonchev–Trinajstić information content (AvgIpc) is 2.67. The van der Waals surface area contributed by atoms with Gasteiger partial charge in [0.25, 0.3) is 5.91 Å². The van der Waals surface area contributed by atoms with Crippen LogP contribution in [0.3, 0.4) is 0 Å². The van der Waals surface area contributed by atoms with Crippen LogP contribution in [0.25, 0.3) is 0 Å². The van der Waals surface area contributed by atoms with Crippen molar-refractivity contribution >= 4 is 23.4 Å². The minimum atomic E-state index is -0.624. The summed E-state index contributed by atoms with van der Waals surface area (Å²) in [6.45, 7) is 5.86. The van der Waals surface area contributed by atoms with Crippen LogP contribution in [-0.4, -0.2) is 36.4 Å². The van der Waals surface area contributed by atoms with Crippen molar-refractivity contribution in [1.82, 2.24) is 10.2 Å². The van der Waals surface area contributed by atoms with Crippen LogP contribution in [0.15, 0.2) is 42.5 Å². The third-order valence-corrected chi connectivity index (χ3v) is 4.77. The molecule has 0 aliphatic heterocycles. The Bertz CT molecular complexity index is 806. The van der Waals surface area contributed by atoms with Gasteiger partial charge < -0.3 is 15.0 Å². The van der Waals surface area contributed by atoms with Gasteiger partial charge >= 0.3 is 0 Å². The number of likely N-dealkylation sites (N-methyl/N-ethyl adjacent to an activating group) is 1. The molecule has 5 nitrogen and oxygen atoms in total. The van der Waals surface area contributed by atoms with Crippen molar-refractivity contribution in [2.75, 3.05) is 13.7 Å². The second-order valence-electron chi connectivity index (χ2n) is 6.47. The third-order valence-electron chi connectivity index (χ3n) is 4.52. The Balaban J connectivity index is 2.12. The molecule has 0 aliphatic rings. The molecule has 0 unspecified atom stereocenters. The molecule has 0 saturated carbocycles. The van der Waals surface area contributed by atoms with Crippen LogP contribution in [0.1, 0.15) is 23.6 Å².